The lowest BCUT2D eigenvalue weighted by Crippen LogP contribution is -2.12. The van der Waals surface area contributed by atoms with Crippen LogP contribution in [0.3, 0.4) is 0 Å². The van der Waals surface area contributed by atoms with Crippen LogP contribution in [0.2, 0.25) is 0 Å². The molecule has 0 saturated heterocycles. The van der Waals surface area contributed by atoms with E-state index in [0.29, 0.717) is 34.0 Å². The number of nitrogens with zero attached hydrogens (tertiary/aromatic N) is 3. The summed E-state index contributed by atoms with van der Waals surface area (Å²) in [4.78, 5) is 11.6. The summed E-state index contributed by atoms with van der Waals surface area (Å²) in [6, 6.07) is 12.3. The first kappa shape index (κ1) is 21.9. The number of rotatable bonds is 7. The lowest BCUT2D eigenvalue weighted by atomic mass is 10.3. The van der Waals surface area contributed by atoms with Crippen LogP contribution in [0.5, 0.6) is 5.75 Å². The van der Waals surface area contributed by atoms with Gasteiger partial charge in [0.15, 0.2) is 0 Å². The van der Waals surface area contributed by atoms with Crippen molar-refractivity contribution < 1.29 is 22.5 Å². The molecule has 0 aliphatic heterocycles. The van der Waals surface area contributed by atoms with E-state index in [9.17, 15) is 13.2 Å². The number of sulfonamides is 1. The fourth-order valence-electron chi connectivity index (χ4n) is 2.27. The molecule has 0 spiro atoms. The first-order chi connectivity index (χ1) is 14.7. The molecule has 10 heteroatoms. The van der Waals surface area contributed by atoms with Gasteiger partial charge in [0.25, 0.3) is 10.0 Å². The molecule has 9 nitrogen and oxygen atoms in total. The summed E-state index contributed by atoms with van der Waals surface area (Å²) in [5, 5.41) is 11.9. The normalized spacial score (nSPS) is 11.5. The fraction of sp³-hybridized carbons (Fsp3) is 0.143. The average molecular weight is 440 g/mol. The Morgan fingerprint density at radius 2 is 1.58 bits per heavy atom. The number of carbonyl (C=O) groups is 1. The van der Waals surface area contributed by atoms with Crippen molar-refractivity contribution in [2.45, 2.75) is 25.7 Å². The van der Waals surface area contributed by atoms with Gasteiger partial charge < -0.3 is 9.26 Å². The molecule has 2 aromatic carbocycles. The van der Waals surface area contributed by atoms with Crippen molar-refractivity contribution >= 4 is 33.3 Å². The SMILES string of the molecule is C=C(C)C(=O)Oc1ccc(N=Nc2ccc(S(=O)(=O)Nc3onc(C)c3C)cc2)cc1. The number of esters is 1. The van der Waals surface area contributed by atoms with Crippen LogP contribution in [0.25, 0.3) is 0 Å². The summed E-state index contributed by atoms with van der Waals surface area (Å²) >= 11 is 0. The second-order valence-corrected chi connectivity index (χ2v) is 8.37. The van der Waals surface area contributed by atoms with Crippen LogP contribution < -0.4 is 9.46 Å². The van der Waals surface area contributed by atoms with Crippen molar-refractivity contribution in [3.8, 4) is 5.75 Å². The van der Waals surface area contributed by atoms with Gasteiger partial charge in [-0.1, -0.05) is 11.7 Å². The molecule has 160 valence electrons. The minimum Gasteiger partial charge on any atom is -0.423 e. The number of aromatic nitrogens is 1. The molecule has 3 rings (SSSR count). The number of aryl methyl sites for hydroxylation is 1. The van der Waals surface area contributed by atoms with Crippen LogP contribution in [0.1, 0.15) is 18.2 Å². The van der Waals surface area contributed by atoms with Crippen molar-refractivity contribution in [2.24, 2.45) is 10.2 Å². The van der Waals surface area contributed by atoms with Crippen LogP contribution in [0.4, 0.5) is 17.3 Å². The second-order valence-electron chi connectivity index (χ2n) is 6.69. The van der Waals surface area contributed by atoms with E-state index >= 15 is 0 Å². The van der Waals surface area contributed by atoms with Crippen molar-refractivity contribution in [2.75, 3.05) is 4.72 Å². The molecule has 3 aromatic rings. The van der Waals surface area contributed by atoms with Gasteiger partial charge in [0.05, 0.1) is 22.0 Å². The Bertz CT molecular complexity index is 1240. The van der Waals surface area contributed by atoms with E-state index < -0.39 is 16.0 Å². The Morgan fingerprint density at radius 3 is 2.06 bits per heavy atom. The monoisotopic (exact) mass is 440 g/mol. The maximum absolute atomic E-state index is 12.5. The van der Waals surface area contributed by atoms with E-state index in [1.54, 1.807) is 45.0 Å². The van der Waals surface area contributed by atoms with Gasteiger partial charge in [-0.2, -0.15) is 10.2 Å². The lowest BCUT2D eigenvalue weighted by Gasteiger charge is -2.05. The molecule has 0 saturated carbocycles. The molecule has 0 fully saturated rings. The molecular weight excluding hydrogens is 420 g/mol. The highest BCUT2D eigenvalue weighted by Crippen LogP contribution is 2.25. The van der Waals surface area contributed by atoms with Gasteiger partial charge in [0.1, 0.15) is 5.75 Å². The summed E-state index contributed by atoms with van der Waals surface area (Å²) in [7, 11) is -3.83. The van der Waals surface area contributed by atoms with E-state index in [4.69, 9.17) is 9.26 Å². The zero-order chi connectivity index (χ0) is 22.6. The predicted octanol–water partition coefficient (Wildman–Crippen LogP) is 4.99. The highest BCUT2D eigenvalue weighted by molar-refractivity contribution is 7.92. The van der Waals surface area contributed by atoms with Crippen LogP contribution in [0.15, 0.2) is 80.3 Å². The average Bonchev–Trinajstić information content (AvgIpc) is 3.05. The van der Waals surface area contributed by atoms with Crippen molar-refractivity contribution in [1.29, 1.82) is 0 Å². The van der Waals surface area contributed by atoms with Crippen LogP contribution in [0, 0.1) is 13.8 Å². The topological polar surface area (TPSA) is 123 Å². The number of benzene rings is 2. The summed E-state index contributed by atoms with van der Waals surface area (Å²) in [6.45, 7) is 8.52. The number of ether oxygens (including phenoxy) is 1. The number of azo groups is 1. The largest absolute Gasteiger partial charge is 0.423 e. The van der Waals surface area contributed by atoms with Gasteiger partial charge in [-0.15, -0.1) is 0 Å². The third-order valence-electron chi connectivity index (χ3n) is 4.21. The smallest absolute Gasteiger partial charge is 0.338 e. The Morgan fingerprint density at radius 1 is 1.03 bits per heavy atom. The standard InChI is InChI=1S/C21H20N4O5S/c1-13(2)21(26)29-18-9-5-16(6-10-18)22-23-17-7-11-19(12-8-17)31(27,28)25-20-14(3)15(4)24-30-20/h5-12,25H,1H2,2-4H3. The molecule has 1 N–H and O–H groups in total. The molecule has 0 unspecified atom stereocenters. The molecule has 1 aromatic heterocycles. The van der Waals surface area contributed by atoms with Crippen LogP contribution >= 0.6 is 0 Å². The quantitative estimate of drug-likeness (QED) is 0.239. The summed E-state index contributed by atoms with van der Waals surface area (Å²) < 4.78 is 37.5. The van der Waals surface area contributed by atoms with E-state index in [2.05, 4.69) is 26.7 Å². The predicted molar refractivity (Wildman–Crippen MR) is 114 cm³/mol. The lowest BCUT2D eigenvalue weighted by molar-refractivity contribution is -0.130. The number of hydrogen-bond donors (Lipinski definition) is 1. The fourth-order valence-corrected chi connectivity index (χ4v) is 3.32. The second kappa shape index (κ2) is 8.92. The van der Waals surface area contributed by atoms with E-state index in [0.717, 1.165) is 0 Å². The minimum atomic E-state index is -3.83. The van der Waals surface area contributed by atoms with Gasteiger partial charge in [0, 0.05) is 11.1 Å². The number of carbonyl (C=O) groups excluding carboxylic acids is 1. The maximum Gasteiger partial charge on any atom is 0.338 e. The van der Waals surface area contributed by atoms with E-state index in [-0.39, 0.29) is 10.8 Å². The van der Waals surface area contributed by atoms with E-state index in [1.165, 1.54) is 24.3 Å². The molecule has 0 bridgehead atoms. The minimum absolute atomic E-state index is 0.0450. The van der Waals surface area contributed by atoms with Gasteiger partial charge in [-0.25, -0.2) is 17.9 Å². The number of hydrogen-bond acceptors (Lipinski definition) is 8. The highest BCUT2D eigenvalue weighted by atomic mass is 32.2. The Balaban J connectivity index is 1.67. The molecule has 1 heterocycles. The van der Waals surface area contributed by atoms with Crippen molar-refractivity contribution in [3.63, 3.8) is 0 Å². The van der Waals surface area contributed by atoms with E-state index in [1.807, 2.05) is 0 Å². The summed E-state index contributed by atoms with van der Waals surface area (Å²) in [5.41, 5.74) is 2.52. The van der Waals surface area contributed by atoms with Gasteiger partial charge >= 0.3 is 5.97 Å². The molecular formula is C21H20N4O5S. The zero-order valence-corrected chi connectivity index (χ0v) is 17.9. The van der Waals surface area contributed by atoms with Crippen LogP contribution in [-0.2, 0) is 14.8 Å². The first-order valence-electron chi connectivity index (χ1n) is 9.11. The van der Waals surface area contributed by atoms with Gasteiger partial charge in [-0.3, -0.25) is 0 Å². The third-order valence-corrected chi connectivity index (χ3v) is 5.55. The Labute approximate surface area is 179 Å². The third kappa shape index (κ3) is 5.43. The molecule has 0 aliphatic rings. The van der Waals surface area contributed by atoms with Crippen LogP contribution in [-0.4, -0.2) is 19.5 Å². The first-order valence-corrected chi connectivity index (χ1v) is 10.6. The number of anilines is 1. The van der Waals surface area contributed by atoms with Crippen molar-refractivity contribution in [3.05, 3.63) is 71.9 Å². The Kier molecular flexibility index (Phi) is 6.30. The van der Waals surface area contributed by atoms with Crippen molar-refractivity contribution in [1.82, 2.24) is 5.16 Å². The van der Waals surface area contributed by atoms with Gasteiger partial charge in [0.2, 0.25) is 5.88 Å². The molecule has 0 amide bonds. The molecule has 0 radical (unpaired) electrons. The molecule has 0 atom stereocenters. The molecule has 31 heavy (non-hydrogen) atoms. The molecule has 0 aliphatic carbocycles. The highest BCUT2D eigenvalue weighted by Gasteiger charge is 2.19. The van der Waals surface area contributed by atoms with Gasteiger partial charge in [-0.05, 0) is 69.3 Å². The maximum atomic E-state index is 12.5. The zero-order valence-electron chi connectivity index (χ0n) is 17.1. The Hall–Kier alpha value is -3.79. The summed E-state index contributed by atoms with van der Waals surface area (Å²) in [6.07, 6.45) is 0. The summed E-state index contributed by atoms with van der Waals surface area (Å²) in [5.74, 6) is -0.0580. The number of nitrogens with one attached hydrogen (secondary N) is 1.